The van der Waals surface area contributed by atoms with E-state index in [-0.39, 0.29) is 5.41 Å². The molecule has 1 heterocycles. The third-order valence-corrected chi connectivity index (χ3v) is 4.50. The molecule has 4 heteroatoms. The van der Waals surface area contributed by atoms with Gasteiger partial charge in [0.05, 0.1) is 17.3 Å². The Labute approximate surface area is 125 Å². The molecule has 4 nitrogen and oxygen atoms in total. The largest absolute Gasteiger partial charge is 0.388 e. The highest BCUT2D eigenvalue weighted by molar-refractivity contribution is 5.81. The van der Waals surface area contributed by atoms with Gasteiger partial charge in [-0.1, -0.05) is 20.8 Å². The summed E-state index contributed by atoms with van der Waals surface area (Å²) < 4.78 is 0. The van der Waals surface area contributed by atoms with Crippen molar-refractivity contribution in [2.45, 2.75) is 45.6 Å². The zero-order valence-electron chi connectivity index (χ0n) is 13.1. The summed E-state index contributed by atoms with van der Waals surface area (Å²) in [6.07, 6.45) is 4.74. The van der Waals surface area contributed by atoms with Crippen LogP contribution in [0.25, 0.3) is 10.9 Å². The van der Waals surface area contributed by atoms with Crippen molar-refractivity contribution in [3.8, 4) is 0 Å². The highest BCUT2D eigenvalue weighted by atomic mass is 16.3. The van der Waals surface area contributed by atoms with Gasteiger partial charge in [0.25, 0.3) is 0 Å². The van der Waals surface area contributed by atoms with Gasteiger partial charge < -0.3 is 10.4 Å². The molecule has 1 aromatic carbocycles. The Morgan fingerprint density at radius 1 is 1.38 bits per heavy atom. The van der Waals surface area contributed by atoms with Gasteiger partial charge in [-0.25, -0.2) is 0 Å². The lowest BCUT2D eigenvalue weighted by Crippen LogP contribution is -2.46. The first kappa shape index (κ1) is 14.4. The van der Waals surface area contributed by atoms with Crippen LogP contribution in [0.1, 0.15) is 40.0 Å². The second kappa shape index (κ2) is 5.02. The van der Waals surface area contributed by atoms with Crippen molar-refractivity contribution in [2.75, 3.05) is 11.9 Å². The monoisotopic (exact) mass is 287 g/mol. The number of aliphatic hydroxyl groups is 1. The molecule has 1 aliphatic carbocycles. The number of fused-ring (bicyclic) bond motifs is 1. The van der Waals surface area contributed by atoms with Gasteiger partial charge in [0.1, 0.15) is 0 Å². The minimum Gasteiger partial charge on any atom is -0.388 e. The van der Waals surface area contributed by atoms with Crippen LogP contribution in [0.4, 0.5) is 5.69 Å². The topological polar surface area (TPSA) is 60.9 Å². The van der Waals surface area contributed by atoms with Gasteiger partial charge in [-0.3, -0.25) is 5.10 Å². The highest BCUT2D eigenvalue weighted by Crippen LogP contribution is 2.43. The fourth-order valence-corrected chi connectivity index (χ4v) is 4.15. The molecule has 2 unspecified atom stereocenters. The summed E-state index contributed by atoms with van der Waals surface area (Å²) in [4.78, 5) is 0. The number of aromatic amines is 1. The Morgan fingerprint density at radius 3 is 2.95 bits per heavy atom. The number of H-pyrrole nitrogens is 1. The van der Waals surface area contributed by atoms with E-state index in [9.17, 15) is 5.11 Å². The fourth-order valence-electron chi connectivity index (χ4n) is 4.15. The molecule has 1 fully saturated rings. The lowest BCUT2D eigenvalue weighted by molar-refractivity contribution is -0.0477. The van der Waals surface area contributed by atoms with Crippen molar-refractivity contribution < 1.29 is 5.11 Å². The molecular weight excluding hydrogens is 262 g/mol. The summed E-state index contributed by atoms with van der Waals surface area (Å²) in [5.41, 5.74) is 1.66. The number of hydrogen-bond donors (Lipinski definition) is 3. The zero-order valence-corrected chi connectivity index (χ0v) is 13.1. The summed E-state index contributed by atoms with van der Waals surface area (Å²) in [7, 11) is 0. The third-order valence-electron chi connectivity index (χ3n) is 4.50. The Kier molecular flexibility index (Phi) is 3.44. The predicted octanol–water partition coefficient (Wildman–Crippen LogP) is 3.55. The maximum Gasteiger partial charge on any atom is 0.0826 e. The van der Waals surface area contributed by atoms with Gasteiger partial charge in [0.2, 0.25) is 0 Å². The van der Waals surface area contributed by atoms with Crippen LogP contribution in [0.3, 0.4) is 0 Å². The summed E-state index contributed by atoms with van der Waals surface area (Å²) in [6.45, 7) is 7.35. The van der Waals surface area contributed by atoms with Crippen molar-refractivity contribution in [3.63, 3.8) is 0 Å². The van der Waals surface area contributed by atoms with Crippen molar-refractivity contribution in [2.24, 2.45) is 11.3 Å². The fraction of sp³-hybridized carbons (Fsp3) is 0.588. The van der Waals surface area contributed by atoms with Crippen LogP contribution in [0.2, 0.25) is 0 Å². The second-order valence-corrected chi connectivity index (χ2v) is 7.60. The van der Waals surface area contributed by atoms with Crippen molar-refractivity contribution in [1.29, 1.82) is 0 Å². The summed E-state index contributed by atoms with van der Waals surface area (Å²) in [6, 6.07) is 6.11. The Bertz CT molecular complexity index is 634. The van der Waals surface area contributed by atoms with Gasteiger partial charge in [-0.2, -0.15) is 5.10 Å². The number of nitrogens with zero attached hydrogens (tertiary/aromatic N) is 1. The number of nitrogens with one attached hydrogen (secondary N) is 2. The molecule has 0 spiro atoms. The van der Waals surface area contributed by atoms with E-state index in [1.54, 1.807) is 0 Å². The minimum absolute atomic E-state index is 0.211. The van der Waals surface area contributed by atoms with Crippen molar-refractivity contribution >= 4 is 16.6 Å². The van der Waals surface area contributed by atoms with Crippen LogP contribution < -0.4 is 5.32 Å². The summed E-state index contributed by atoms with van der Waals surface area (Å²) >= 11 is 0. The average molecular weight is 287 g/mol. The molecule has 1 aliphatic rings. The summed E-state index contributed by atoms with van der Waals surface area (Å²) in [5, 5.41) is 22.4. The van der Waals surface area contributed by atoms with E-state index in [1.807, 2.05) is 18.3 Å². The Hall–Kier alpha value is -1.55. The minimum atomic E-state index is -0.619. The standard InChI is InChI=1S/C17H25N3O/c1-12-7-16(2,3)10-17(21,8-12)11-18-14-4-5-15-13(6-14)9-19-20-15/h4-6,9,12,18,21H,7-8,10-11H2,1-3H3,(H,19,20). The van der Waals surface area contributed by atoms with Crippen LogP contribution in [-0.4, -0.2) is 27.4 Å². The molecule has 0 amide bonds. The maximum atomic E-state index is 10.9. The molecule has 3 rings (SSSR count). The first-order chi connectivity index (χ1) is 9.85. The quantitative estimate of drug-likeness (QED) is 0.809. The van der Waals surface area contributed by atoms with Crippen LogP contribution in [0.5, 0.6) is 0 Å². The lowest BCUT2D eigenvalue weighted by atomic mass is 9.66. The number of aromatic nitrogens is 2. The van der Waals surface area contributed by atoms with E-state index >= 15 is 0 Å². The van der Waals surface area contributed by atoms with E-state index < -0.39 is 5.60 Å². The van der Waals surface area contributed by atoms with Gasteiger partial charge in [0, 0.05) is 17.6 Å². The van der Waals surface area contributed by atoms with E-state index in [2.05, 4.69) is 42.4 Å². The number of rotatable bonds is 3. The molecule has 114 valence electrons. The number of benzene rings is 1. The molecule has 1 saturated carbocycles. The van der Waals surface area contributed by atoms with E-state index in [0.29, 0.717) is 12.5 Å². The van der Waals surface area contributed by atoms with E-state index in [1.165, 1.54) is 6.42 Å². The van der Waals surface area contributed by atoms with Gasteiger partial charge >= 0.3 is 0 Å². The van der Waals surface area contributed by atoms with Gasteiger partial charge in [0.15, 0.2) is 0 Å². The van der Waals surface area contributed by atoms with Crippen molar-refractivity contribution in [3.05, 3.63) is 24.4 Å². The first-order valence-electron chi connectivity index (χ1n) is 7.75. The molecular formula is C17H25N3O. The van der Waals surface area contributed by atoms with Crippen LogP contribution in [0.15, 0.2) is 24.4 Å². The Morgan fingerprint density at radius 2 is 2.19 bits per heavy atom. The molecule has 1 aromatic heterocycles. The van der Waals surface area contributed by atoms with Crippen LogP contribution in [0, 0.1) is 11.3 Å². The maximum absolute atomic E-state index is 10.9. The van der Waals surface area contributed by atoms with Crippen LogP contribution >= 0.6 is 0 Å². The molecule has 2 atom stereocenters. The smallest absolute Gasteiger partial charge is 0.0826 e. The van der Waals surface area contributed by atoms with Gasteiger partial charge in [-0.15, -0.1) is 0 Å². The van der Waals surface area contributed by atoms with Crippen molar-refractivity contribution in [1.82, 2.24) is 10.2 Å². The van der Waals surface area contributed by atoms with Crippen LogP contribution in [-0.2, 0) is 0 Å². The number of hydrogen-bond acceptors (Lipinski definition) is 3. The molecule has 0 aliphatic heterocycles. The average Bonchev–Trinajstić information content (AvgIpc) is 2.80. The Balaban J connectivity index is 1.70. The molecule has 21 heavy (non-hydrogen) atoms. The predicted molar refractivity (Wildman–Crippen MR) is 86.3 cm³/mol. The summed E-state index contributed by atoms with van der Waals surface area (Å²) in [5.74, 6) is 0.567. The lowest BCUT2D eigenvalue weighted by Gasteiger charge is -2.44. The first-order valence-corrected chi connectivity index (χ1v) is 7.75. The molecule has 3 N–H and O–H groups in total. The second-order valence-electron chi connectivity index (χ2n) is 7.60. The molecule has 2 aromatic rings. The number of anilines is 1. The third kappa shape index (κ3) is 3.21. The molecule has 0 bridgehead atoms. The van der Waals surface area contributed by atoms with E-state index in [4.69, 9.17) is 0 Å². The normalized spacial score (nSPS) is 28.7. The molecule has 0 saturated heterocycles. The van der Waals surface area contributed by atoms with Gasteiger partial charge in [-0.05, 0) is 48.8 Å². The SMILES string of the molecule is CC1CC(C)(C)CC(O)(CNc2ccc3[nH]ncc3c2)C1. The zero-order chi connectivity index (χ0) is 15.1. The van der Waals surface area contributed by atoms with E-state index in [0.717, 1.165) is 29.4 Å². The highest BCUT2D eigenvalue weighted by Gasteiger charge is 2.41. The molecule has 0 radical (unpaired) electrons.